The Bertz CT molecular complexity index is 901. The molecule has 1 fully saturated rings. The molecule has 0 amide bonds. The van der Waals surface area contributed by atoms with Gasteiger partial charge in [-0.25, -0.2) is 24.2 Å². The number of carbonyl (C=O) groups excluding carboxylic acids is 1. The number of methoxy groups -OCH3 is 1. The maximum atomic E-state index is 11.3. The van der Waals surface area contributed by atoms with Gasteiger partial charge in [0.05, 0.1) is 31.2 Å². The number of carboxylic acid groups (broad SMARTS) is 4. The highest BCUT2D eigenvalue weighted by atomic mass is 16.5. The Morgan fingerprint density at radius 3 is 1.82 bits per heavy atom. The van der Waals surface area contributed by atoms with Crippen molar-refractivity contribution in [1.29, 1.82) is 0 Å². The third kappa shape index (κ3) is 10.2. The van der Waals surface area contributed by atoms with Gasteiger partial charge in [-0.1, -0.05) is 12.1 Å². The molecule has 0 spiro atoms. The van der Waals surface area contributed by atoms with E-state index in [9.17, 15) is 4.79 Å². The first-order valence-corrected chi connectivity index (χ1v) is 9.41. The van der Waals surface area contributed by atoms with E-state index >= 15 is 0 Å². The number of hydrogen-bond donors (Lipinski definition) is 5. The fraction of sp³-hybridized carbons (Fsp3) is 0.368. The van der Waals surface area contributed by atoms with Crippen LogP contribution in [-0.4, -0.2) is 110 Å². The number of piperazine rings is 1. The summed E-state index contributed by atoms with van der Waals surface area (Å²) in [5.74, 6) is -6.46. The van der Waals surface area contributed by atoms with Crippen molar-refractivity contribution in [2.24, 2.45) is 0 Å². The van der Waals surface area contributed by atoms with E-state index in [1.807, 2.05) is 24.3 Å². The molecule has 0 saturated carbocycles. The van der Waals surface area contributed by atoms with E-state index in [0.717, 1.165) is 49.6 Å². The summed E-state index contributed by atoms with van der Waals surface area (Å²) in [5.41, 5.74) is 2.09. The van der Waals surface area contributed by atoms with Crippen molar-refractivity contribution in [3.05, 3.63) is 30.1 Å². The molecular formula is C19H24N4O10. The first kappa shape index (κ1) is 27.0. The Morgan fingerprint density at radius 1 is 0.879 bits per heavy atom. The molecule has 5 N–H and O–H groups in total. The van der Waals surface area contributed by atoms with Crippen LogP contribution in [0, 0.1) is 0 Å². The van der Waals surface area contributed by atoms with Crippen LogP contribution in [0.3, 0.4) is 0 Å². The maximum absolute atomic E-state index is 11.3. The minimum atomic E-state index is -1.82. The van der Waals surface area contributed by atoms with Crippen molar-refractivity contribution in [2.75, 3.05) is 39.8 Å². The molecule has 2 aromatic rings. The molecule has 1 aromatic heterocycles. The van der Waals surface area contributed by atoms with E-state index in [4.69, 9.17) is 44.3 Å². The van der Waals surface area contributed by atoms with Crippen molar-refractivity contribution in [1.82, 2.24) is 19.8 Å². The number of hydrogen-bond acceptors (Lipinski definition) is 9. The summed E-state index contributed by atoms with van der Waals surface area (Å²) in [6, 6.07) is 8.07. The molecule has 0 aliphatic carbocycles. The number of para-hydroxylation sites is 2. The monoisotopic (exact) mass is 468 g/mol. The number of aliphatic carboxylic acids is 4. The number of fused-ring (bicyclic) bond motifs is 1. The van der Waals surface area contributed by atoms with Crippen LogP contribution in [0.4, 0.5) is 0 Å². The van der Waals surface area contributed by atoms with Crippen LogP contribution in [0.25, 0.3) is 11.0 Å². The lowest BCUT2D eigenvalue weighted by molar-refractivity contribution is -0.159. The first-order valence-electron chi connectivity index (χ1n) is 9.41. The summed E-state index contributed by atoms with van der Waals surface area (Å²) in [6.07, 6.45) is 0. The molecular weight excluding hydrogens is 444 g/mol. The van der Waals surface area contributed by atoms with Crippen LogP contribution >= 0.6 is 0 Å². The smallest absolute Gasteiger partial charge is 0.414 e. The summed E-state index contributed by atoms with van der Waals surface area (Å²) in [6.45, 7) is 4.85. The van der Waals surface area contributed by atoms with Gasteiger partial charge >= 0.3 is 29.8 Å². The number of aromatic amines is 1. The SMILES string of the molecule is COC(=O)CN1CCN(Cc2nc3ccccc3[nH]2)CC1.O=C(O)C(=O)O.O=C(O)C(=O)O. The number of H-pyrrole nitrogens is 1. The number of esters is 1. The molecule has 14 nitrogen and oxygen atoms in total. The number of aromatic nitrogens is 2. The normalized spacial score (nSPS) is 13.6. The van der Waals surface area contributed by atoms with Crippen LogP contribution in [0.5, 0.6) is 0 Å². The first-order chi connectivity index (χ1) is 15.5. The average molecular weight is 468 g/mol. The van der Waals surface area contributed by atoms with Gasteiger partial charge in [0.25, 0.3) is 0 Å². The lowest BCUT2D eigenvalue weighted by Gasteiger charge is -2.33. The van der Waals surface area contributed by atoms with Crippen molar-refractivity contribution in [3.8, 4) is 0 Å². The Kier molecular flexibility index (Phi) is 11.0. The molecule has 180 valence electrons. The minimum Gasteiger partial charge on any atom is -0.473 e. The number of benzene rings is 1. The number of carboxylic acids is 4. The molecule has 14 heteroatoms. The number of rotatable bonds is 4. The van der Waals surface area contributed by atoms with Gasteiger partial charge in [0.1, 0.15) is 5.82 Å². The molecule has 33 heavy (non-hydrogen) atoms. The van der Waals surface area contributed by atoms with E-state index in [0.29, 0.717) is 6.54 Å². The van der Waals surface area contributed by atoms with E-state index in [1.165, 1.54) is 7.11 Å². The highest BCUT2D eigenvalue weighted by Gasteiger charge is 2.20. The summed E-state index contributed by atoms with van der Waals surface area (Å²) < 4.78 is 4.70. The van der Waals surface area contributed by atoms with Crippen molar-refractivity contribution < 1.29 is 49.1 Å². The topological polar surface area (TPSA) is 211 Å². The van der Waals surface area contributed by atoms with Crippen LogP contribution in [-0.2, 0) is 35.3 Å². The highest BCUT2D eigenvalue weighted by Crippen LogP contribution is 2.12. The Labute approximate surface area is 187 Å². The molecule has 0 radical (unpaired) electrons. The molecule has 1 aromatic carbocycles. The summed E-state index contributed by atoms with van der Waals surface area (Å²) >= 11 is 0. The summed E-state index contributed by atoms with van der Waals surface area (Å²) in [7, 11) is 1.43. The van der Waals surface area contributed by atoms with Crippen LogP contribution in [0.15, 0.2) is 24.3 Å². The summed E-state index contributed by atoms with van der Waals surface area (Å²) in [5, 5.41) is 29.6. The zero-order chi connectivity index (χ0) is 25.0. The number of nitrogens with one attached hydrogen (secondary N) is 1. The summed E-state index contributed by atoms with van der Waals surface area (Å²) in [4.78, 5) is 60.1. The second kappa shape index (κ2) is 13.4. The zero-order valence-corrected chi connectivity index (χ0v) is 17.6. The second-order valence-corrected chi connectivity index (χ2v) is 6.55. The fourth-order valence-corrected chi connectivity index (χ4v) is 2.64. The van der Waals surface area contributed by atoms with Crippen LogP contribution < -0.4 is 0 Å². The van der Waals surface area contributed by atoms with Crippen molar-refractivity contribution in [3.63, 3.8) is 0 Å². The van der Waals surface area contributed by atoms with Crippen molar-refractivity contribution >= 4 is 40.9 Å². The highest BCUT2D eigenvalue weighted by molar-refractivity contribution is 6.27. The molecule has 0 unspecified atom stereocenters. The largest absolute Gasteiger partial charge is 0.473 e. The third-order valence-corrected chi connectivity index (χ3v) is 4.22. The Hall–Kier alpha value is -4.04. The second-order valence-electron chi connectivity index (χ2n) is 6.55. The van der Waals surface area contributed by atoms with Gasteiger partial charge in [-0.2, -0.15) is 0 Å². The number of nitrogens with zero attached hydrogens (tertiary/aromatic N) is 3. The number of imidazole rings is 1. The molecule has 1 aliphatic rings. The van der Waals surface area contributed by atoms with Gasteiger partial charge in [-0.05, 0) is 12.1 Å². The van der Waals surface area contributed by atoms with Gasteiger partial charge in [0.15, 0.2) is 0 Å². The van der Waals surface area contributed by atoms with E-state index in [-0.39, 0.29) is 5.97 Å². The predicted octanol–water partition coefficient (Wildman–Crippen LogP) is -0.835. The van der Waals surface area contributed by atoms with Gasteiger partial charge in [-0.3, -0.25) is 14.6 Å². The van der Waals surface area contributed by atoms with Gasteiger partial charge in [0.2, 0.25) is 0 Å². The van der Waals surface area contributed by atoms with E-state index in [1.54, 1.807) is 0 Å². The fourth-order valence-electron chi connectivity index (χ4n) is 2.64. The lowest BCUT2D eigenvalue weighted by atomic mass is 10.3. The molecule has 0 bridgehead atoms. The van der Waals surface area contributed by atoms with E-state index in [2.05, 4.69) is 19.8 Å². The number of carbonyl (C=O) groups is 5. The van der Waals surface area contributed by atoms with Gasteiger partial charge in [0, 0.05) is 26.2 Å². The number of ether oxygens (including phenoxy) is 1. The molecule has 1 saturated heterocycles. The maximum Gasteiger partial charge on any atom is 0.414 e. The average Bonchev–Trinajstić information content (AvgIpc) is 3.18. The molecule has 2 heterocycles. The standard InChI is InChI=1S/C15H20N4O2.2C2H2O4/c1-21-15(20)11-19-8-6-18(7-9-19)10-14-16-12-4-2-3-5-13(12)17-14;2*3-1(4)2(5)6/h2-5H,6-11H2,1H3,(H,16,17);2*(H,3,4)(H,5,6). The predicted molar refractivity (Wildman–Crippen MR) is 110 cm³/mol. The Balaban J connectivity index is 0.000000377. The quantitative estimate of drug-likeness (QED) is 0.274. The molecule has 1 aliphatic heterocycles. The lowest BCUT2D eigenvalue weighted by Crippen LogP contribution is -2.47. The van der Waals surface area contributed by atoms with Gasteiger partial charge < -0.3 is 30.1 Å². The molecule has 0 atom stereocenters. The Morgan fingerprint density at radius 2 is 1.36 bits per heavy atom. The van der Waals surface area contributed by atoms with Crippen molar-refractivity contribution in [2.45, 2.75) is 6.54 Å². The third-order valence-electron chi connectivity index (χ3n) is 4.22. The van der Waals surface area contributed by atoms with E-state index < -0.39 is 23.9 Å². The minimum absolute atomic E-state index is 0.166. The van der Waals surface area contributed by atoms with Crippen LogP contribution in [0.2, 0.25) is 0 Å². The van der Waals surface area contributed by atoms with Gasteiger partial charge in [-0.15, -0.1) is 0 Å². The zero-order valence-electron chi connectivity index (χ0n) is 17.6. The van der Waals surface area contributed by atoms with Crippen LogP contribution in [0.1, 0.15) is 5.82 Å². The molecule has 3 rings (SSSR count).